The predicted molar refractivity (Wildman–Crippen MR) is 171 cm³/mol. The lowest BCUT2D eigenvalue weighted by Gasteiger charge is -2.56. The van der Waals surface area contributed by atoms with Gasteiger partial charge in [0.25, 0.3) is 0 Å². The van der Waals surface area contributed by atoms with Crippen LogP contribution in [0.1, 0.15) is 81.0 Å². The Morgan fingerprint density at radius 1 is 1.10 bits per heavy atom. The molecule has 0 bridgehead atoms. The van der Waals surface area contributed by atoms with Crippen LogP contribution in [0.15, 0.2) is 47.5 Å². The fourth-order valence-corrected chi connectivity index (χ4v) is 9.03. The van der Waals surface area contributed by atoms with E-state index in [-0.39, 0.29) is 16.6 Å². The number of aliphatic hydroxyl groups excluding tert-OH is 1. The predicted octanol–water partition coefficient (Wildman–Crippen LogP) is 8.22. The van der Waals surface area contributed by atoms with Crippen molar-refractivity contribution in [2.75, 3.05) is 27.3 Å². The van der Waals surface area contributed by atoms with Gasteiger partial charge in [-0.25, -0.2) is 4.98 Å². The van der Waals surface area contributed by atoms with Crippen LogP contribution in [0.4, 0.5) is 0 Å². The number of aromatic nitrogens is 1. The molecule has 42 heavy (non-hydrogen) atoms. The number of rotatable bonds is 7. The van der Waals surface area contributed by atoms with Gasteiger partial charge >= 0.3 is 0 Å². The summed E-state index contributed by atoms with van der Waals surface area (Å²) in [4.78, 5) is 6.94. The van der Waals surface area contributed by atoms with Crippen molar-refractivity contribution in [1.82, 2.24) is 9.88 Å². The molecule has 2 N–H and O–H groups in total. The molecule has 6 nitrogen and oxygen atoms in total. The number of benzene rings is 2. The second kappa shape index (κ2) is 10.7. The summed E-state index contributed by atoms with van der Waals surface area (Å²) in [6, 6.07) is 13.0. The quantitative estimate of drug-likeness (QED) is 0.292. The maximum absolute atomic E-state index is 11.1. The number of thiazole rings is 1. The van der Waals surface area contributed by atoms with Gasteiger partial charge in [-0.2, -0.15) is 0 Å². The smallest absolute Gasteiger partial charge is 0.161 e. The summed E-state index contributed by atoms with van der Waals surface area (Å²) < 4.78 is 10.9. The van der Waals surface area contributed by atoms with Gasteiger partial charge in [0, 0.05) is 17.5 Å². The summed E-state index contributed by atoms with van der Waals surface area (Å²) in [6.45, 7) is 10.6. The van der Waals surface area contributed by atoms with Gasteiger partial charge in [-0.1, -0.05) is 52.3 Å². The first-order valence-corrected chi connectivity index (χ1v) is 16.0. The normalized spacial score (nSPS) is 25.5. The monoisotopic (exact) mass is 585 g/mol. The molecule has 0 radical (unpaired) electrons. The molecule has 2 aliphatic carbocycles. The van der Waals surface area contributed by atoms with Crippen LogP contribution < -0.4 is 9.47 Å². The van der Waals surface area contributed by atoms with E-state index in [1.54, 1.807) is 14.2 Å². The van der Waals surface area contributed by atoms with Crippen molar-refractivity contribution in [3.8, 4) is 22.8 Å². The molecular weight excluding hydrogens is 542 g/mol. The molecule has 0 saturated heterocycles. The van der Waals surface area contributed by atoms with E-state index in [1.165, 1.54) is 47.3 Å². The Kier molecular flexibility index (Phi) is 7.37. The fourth-order valence-electron chi connectivity index (χ4n) is 8.14. The molecule has 2 heterocycles. The first-order valence-electron chi connectivity index (χ1n) is 15.2. The Morgan fingerprint density at radius 3 is 2.62 bits per heavy atom. The maximum Gasteiger partial charge on any atom is 0.161 e. The number of methoxy groups -OCH3 is 2. The average Bonchev–Trinajstić information content (AvgIpc) is 3.55. The SMILES string of the molecule is COc1ccc(-c2csc(C3=C(O)CN(C[C@]4(C)CCC[C@]5(C)c6ccc(C(C)C)cc6CC[C@@H]45)C3=N)n2)cc1OC. The highest BCUT2D eigenvalue weighted by Crippen LogP contribution is 2.58. The highest BCUT2D eigenvalue weighted by molar-refractivity contribution is 7.11. The average molecular weight is 586 g/mol. The molecular formula is C35H43N3O3S. The third-order valence-corrected chi connectivity index (χ3v) is 11.2. The Labute approximate surface area is 253 Å². The van der Waals surface area contributed by atoms with E-state index in [0.717, 1.165) is 30.6 Å². The van der Waals surface area contributed by atoms with Crippen molar-refractivity contribution < 1.29 is 14.6 Å². The number of nitrogens with one attached hydrogen (secondary N) is 1. The lowest BCUT2D eigenvalue weighted by atomic mass is 9.49. The van der Waals surface area contributed by atoms with Gasteiger partial charge < -0.3 is 19.5 Å². The molecule has 7 heteroatoms. The molecule has 1 fully saturated rings. The van der Waals surface area contributed by atoms with Crippen molar-refractivity contribution in [3.05, 3.63) is 69.2 Å². The Hall–Kier alpha value is -3.32. The molecule has 222 valence electrons. The number of hydrogen-bond acceptors (Lipinski definition) is 6. The summed E-state index contributed by atoms with van der Waals surface area (Å²) >= 11 is 1.46. The third-order valence-electron chi connectivity index (χ3n) is 10.3. The summed E-state index contributed by atoms with van der Waals surface area (Å²) in [5, 5.41) is 23.0. The molecule has 1 aromatic heterocycles. The molecule has 0 spiro atoms. The molecule has 0 amide bonds. The van der Waals surface area contributed by atoms with Crippen molar-refractivity contribution in [1.29, 1.82) is 5.41 Å². The van der Waals surface area contributed by atoms with Crippen LogP contribution in [-0.4, -0.2) is 48.1 Å². The van der Waals surface area contributed by atoms with Crippen LogP contribution in [0.5, 0.6) is 11.5 Å². The second-order valence-electron chi connectivity index (χ2n) is 13.2. The summed E-state index contributed by atoms with van der Waals surface area (Å²) in [5.74, 6) is 3.01. The zero-order chi connectivity index (χ0) is 29.8. The molecule has 6 rings (SSSR count). The van der Waals surface area contributed by atoms with Gasteiger partial charge in [0.15, 0.2) is 11.5 Å². The molecule has 2 aromatic carbocycles. The van der Waals surface area contributed by atoms with Crippen LogP contribution in [0, 0.1) is 16.7 Å². The second-order valence-corrected chi connectivity index (χ2v) is 14.1. The Bertz CT molecular complexity index is 1560. The van der Waals surface area contributed by atoms with E-state index >= 15 is 0 Å². The van der Waals surface area contributed by atoms with Gasteiger partial charge in [-0.05, 0) is 83.2 Å². The van der Waals surface area contributed by atoms with E-state index in [4.69, 9.17) is 19.9 Å². The molecule has 1 aliphatic heterocycles. The number of aliphatic hydroxyl groups is 1. The molecule has 1 saturated carbocycles. The highest BCUT2D eigenvalue weighted by atomic mass is 32.1. The zero-order valence-corrected chi connectivity index (χ0v) is 26.5. The number of aryl methyl sites for hydroxylation is 1. The topological polar surface area (TPSA) is 78.7 Å². The van der Waals surface area contributed by atoms with E-state index in [0.29, 0.717) is 46.3 Å². The van der Waals surface area contributed by atoms with Crippen LogP contribution in [0.3, 0.4) is 0 Å². The van der Waals surface area contributed by atoms with E-state index in [2.05, 4.69) is 50.8 Å². The van der Waals surface area contributed by atoms with E-state index in [9.17, 15) is 5.11 Å². The first-order chi connectivity index (χ1) is 20.1. The minimum absolute atomic E-state index is 0.0527. The molecule has 0 unspecified atom stereocenters. The number of ether oxygens (including phenoxy) is 2. The molecule has 3 atom stereocenters. The van der Waals surface area contributed by atoms with Gasteiger partial charge in [0.1, 0.15) is 16.6 Å². The fraction of sp³-hybridized carbons (Fsp3) is 0.486. The first kappa shape index (κ1) is 28.8. The third kappa shape index (κ3) is 4.70. The van der Waals surface area contributed by atoms with Crippen LogP contribution in [-0.2, 0) is 11.8 Å². The lowest BCUT2D eigenvalue weighted by Crippen LogP contribution is -2.53. The molecule has 3 aliphatic rings. The van der Waals surface area contributed by atoms with Gasteiger partial charge in [-0.15, -0.1) is 11.3 Å². The summed E-state index contributed by atoms with van der Waals surface area (Å²) in [5.41, 5.74) is 6.96. The van der Waals surface area contributed by atoms with Crippen LogP contribution in [0.2, 0.25) is 0 Å². The number of nitrogens with zero attached hydrogens (tertiary/aromatic N) is 2. The Morgan fingerprint density at radius 2 is 1.88 bits per heavy atom. The van der Waals surface area contributed by atoms with E-state index < -0.39 is 0 Å². The minimum Gasteiger partial charge on any atom is -0.510 e. The number of amidine groups is 1. The van der Waals surface area contributed by atoms with Crippen molar-refractivity contribution >= 4 is 22.7 Å². The number of hydrogen-bond donors (Lipinski definition) is 2. The van der Waals surface area contributed by atoms with E-state index in [1.807, 2.05) is 23.6 Å². The largest absolute Gasteiger partial charge is 0.510 e. The molecule has 3 aromatic rings. The zero-order valence-electron chi connectivity index (χ0n) is 25.7. The van der Waals surface area contributed by atoms with Crippen LogP contribution in [0.25, 0.3) is 16.8 Å². The van der Waals surface area contributed by atoms with Crippen molar-refractivity contribution in [2.45, 2.75) is 71.1 Å². The van der Waals surface area contributed by atoms with Crippen LogP contribution >= 0.6 is 11.3 Å². The van der Waals surface area contributed by atoms with Gasteiger partial charge in [-0.3, -0.25) is 5.41 Å². The Balaban J connectivity index is 1.23. The number of fused-ring (bicyclic) bond motifs is 3. The summed E-state index contributed by atoms with van der Waals surface area (Å²) in [7, 11) is 3.24. The minimum atomic E-state index is 0.0527. The van der Waals surface area contributed by atoms with Gasteiger partial charge in [0.2, 0.25) is 0 Å². The maximum atomic E-state index is 11.1. The highest BCUT2D eigenvalue weighted by Gasteiger charge is 2.52. The summed E-state index contributed by atoms with van der Waals surface area (Å²) in [6.07, 6.45) is 5.84. The van der Waals surface area contributed by atoms with Crippen molar-refractivity contribution in [2.24, 2.45) is 11.3 Å². The van der Waals surface area contributed by atoms with Gasteiger partial charge in [0.05, 0.1) is 32.0 Å². The van der Waals surface area contributed by atoms with Crippen molar-refractivity contribution in [3.63, 3.8) is 0 Å². The lowest BCUT2D eigenvalue weighted by molar-refractivity contribution is 0.0108. The standard InChI is InChI=1S/C35H43N3O3S/c1-21(2)22-8-11-25-23(16-22)10-13-30-34(3,14-7-15-35(25,30)4)20-38-18-27(39)31(32(38)36)33-37-26(19-42-33)24-9-12-28(40-5)29(17-24)41-6/h8-9,11-12,16-17,19,21,30,36,39H,7,10,13-15,18,20H2,1-6H3/t30-,34-,35+/m0/s1.